The minimum absolute atomic E-state index is 0.295. The summed E-state index contributed by atoms with van der Waals surface area (Å²) in [5, 5.41) is 11.9. The Labute approximate surface area is 211 Å². The molecule has 2 heterocycles. The van der Waals surface area contributed by atoms with Crippen molar-refractivity contribution in [3.05, 3.63) is 66.1 Å². The van der Waals surface area contributed by atoms with E-state index in [-0.39, 0.29) is 5.89 Å². The van der Waals surface area contributed by atoms with Gasteiger partial charge < -0.3 is 19.7 Å². The van der Waals surface area contributed by atoms with Crippen molar-refractivity contribution in [3.63, 3.8) is 0 Å². The lowest BCUT2D eigenvalue weighted by Gasteiger charge is -2.27. The Bertz CT molecular complexity index is 1230. The number of carbonyl (C=O) groups excluding carboxylic acids is 1. The molecule has 1 aliphatic rings. The lowest BCUT2D eigenvalue weighted by atomic mass is 10.2. The third-order valence-corrected chi connectivity index (χ3v) is 6.25. The van der Waals surface area contributed by atoms with Crippen LogP contribution in [-0.4, -0.2) is 59.1 Å². The van der Waals surface area contributed by atoms with E-state index in [4.69, 9.17) is 4.42 Å². The normalized spacial score (nSPS) is 15.7. The zero-order valence-electron chi connectivity index (χ0n) is 20.2. The van der Waals surface area contributed by atoms with Gasteiger partial charge >= 0.3 is 12.1 Å². The number of carbonyl (C=O) groups is 2. The molecule has 2 N–H and O–H groups in total. The Hall–Kier alpha value is -3.86. The van der Waals surface area contributed by atoms with Crippen LogP contribution in [0.5, 0.6) is 0 Å². The minimum atomic E-state index is -4.89. The maximum Gasteiger partial charge on any atom is 0.452 e. The number of carboxylic acids is 1. The summed E-state index contributed by atoms with van der Waals surface area (Å²) in [6, 6.07) is 14.3. The molecule has 0 aliphatic carbocycles. The maximum absolute atomic E-state index is 13.6. The average Bonchev–Trinajstić information content (AvgIpc) is 3.21. The van der Waals surface area contributed by atoms with Crippen molar-refractivity contribution in [1.29, 1.82) is 0 Å². The van der Waals surface area contributed by atoms with Gasteiger partial charge in [0.2, 0.25) is 11.7 Å². The fourth-order valence-corrected chi connectivity index (χ4v) is 4.41. The van der Waals surface area contributed by atoms with Crippen LogP contribution in [0, 0.1) is 0 Å². The minimum Gasteiger partial charge on any atom is -0.480 e. The van der Waals surface area contributed by atoms with Gasteiger partial charge in [0.25, 0.3) is 5.91 Å². The molecule has 1 aliphatic heterocycles. The van der Waals surface area contributed by atoms with Crippen LogP contribution in [0.25, 0.3) is 11.5 Å². The van der Waals surface area contributed by atoms with Crippen LogP contribution >= 0.6 is 0 Å². The molecule has 1 aromatic heterocycles. The molecule has 0 saturated carbocycles. The van der Waals surface area contributed by atoms with E-state index < -0.39 is 35.5 Å². The lowest BCUT2D eigenvalue weighted by molar-refractivity contribution is -0.153. The molecule has 1 unspecified atom stereocenters. The molecule has 8 nitrogen and oxygen atoms in total. The molecule has 1 atom stereocenters. The highest BCUT2D eigenvalue weighted by Gasteiger charge is 2.42. The molecule has 3 aromatic rings. The molecule has 1 fully saturated rings. The van der Waals surface area contributed by atoms with Crippen molar-refractivity contribution in [3.8, 4) is 11.5 Å². The van der Waals surface area contributed by atoms with E-state index in [1.54, 1.807) is 54.6 Å². The third kappa shape index (κ3) is 6.11. The predicted octanol–water partition coefficient (Wildman–Crippen LogP) is 4.99. The van der Waals surface area contributed by atoms with Crippen LogP contribution in [0.15, 0.2) is 59.0 Å². The van der Waals surface area contributed by atoms with E-state index in [1.165, 1.54) is 0 Å². The molecular formula is C26H27F3N4O4. The quantitative estimate of drug-likeness (QED) is 0.457. The number of rotatable bonds is 7. The number of hydrogen-bond donors (Lipinski definition) is 2. The Kier molecular flexibility index (Phi) is 7.82. The second kappa shape index (κ2) is 11.0. The Morgan fingerprint density at radius 3 is 2.38 bits per heavy atom. The fourth-order valence-electron chi connectivity index (χ4n) is 4.41. The van der Waals surface area contributed by atoms with Gasteiger partial charge in [0.15, 0.2) is 5.69 Å². The molecule has 0 spiro atoms. The van der Waals surface area contributed by atoms with Gasteiger partial charge in [-0.25, -0.2) is 4.98 Å². The summed E-state index contributed by atoms with van der Waals surface area (Å²) >= 11 is 0. The summed E-state index contributed by atoms with van der Waals surface area (Å²) < 4.78 is 45.6. The van der Waals surface area contributed by atoms with Crippen molar-refractivity contribution < 1.29 is 32.3 Å². The van der Waals surface area contributed by atoms with Gasteiger partial charge in [0.05, 0.1) is 0 Å². The van der Waals surface area contributed by atoms with Crippen molar-refractivity contribution in [2.24, 2.45) is 0 Å². The molecular weight excluding hydrogens is 489 g/mol. The van der Waals surface area contributed by atoms with Crippen LogP contribution in [0.3, 0.4) is 0 Å². The number of nitrogens with zero attached hydrogens (tertiary/aromatic N) is 3. The van der Waals surface area contributed by atoms with Crippen LogP contribution in [0.4, 0.5) is 24.5 Å². The van der Waals surface area contributed by atoms with Gasteiger partial charge in [-0.2, -0.15) is 13.2 Å². The highest BCUT2D eigenvalue weighted by Crippen LogP contribution is 2.35. The zero-order chi connectivity index (χ0) is 26.6. The number of amides is 1. The lowest BCUT2D eigenvalue weighted by Crippen LogP contribution is -2.42. The van der Waals surface area contributed by atoms with E-state index >= 15 is 0 Å². The van der Waals surface area contributed by atoms with E-state index in [2.05, 4.69) is 15.2 Å². The highest BCUT2D eigenvalue weighted by atomic mass is 19.4. The fraction of sp³-hybridized carbons (Fsp3) is 0.346. The van der Waals surface area contributed by atoms with E-state index in [9.17, 15) is 27.9 Å². The zero-order valence-corrected chi connectivity index (χ0v) is 20.2. The van der Waals surface area contributed by atoms with Gasteiger partial charge in [0, 0.05) is 43.1 Å². The van der Waals surface area contributed by atoms with Gasteiger partial charge in [-0.05, 0) is 49.2 Å². The molecule has 4 rings (SSSR count). The first-order valence-corrected chi connectivity index (χ1v) is 11.9. The molecule has 11 heteroatoms. The van der Waals surface area contributed by atoms with E-state index in [0.717, 1.165) is 18.7 Å². The molecule has 1 saturated heterocycles. The second-order valence-electron chi connectivity index (χ2n) is 8.70. The number of benzene rings is 2. The molecule has 37 heavy (non-hydrogen) atoms. The number of oxazole rings is 1. The SMILES string of the molecule is CCC(C(=O)O)N1CCCN(c2ccc(NC(=O)c3nc(-c4ccccc4)oc3C(F)(F)F)cc2)CC1. The summed E-state index contributed by atoms with van der Waals surface area (Å²) in [5.74, 6) is -3.61. The highest BCUT2D eigenvalue weighted by molar-refractivity contribution is 6.04. The topological polar surface area (TPSA) is 98.9 Å². The smallest absolute Gasteiger partial charge is 0.452 e. The number of halogens is 3. The monoisotopic (exact) mass is 516 g/mol. The van der Waals surface area contributed by atoms with Gasteiger partial charge in [-0.1, -0.05) is 25.1 Å². The first-order valence-electron chi connectivity index (χ1n) is 11.9. The average molecular weight is 517 g/mol. The van der Waals surface area contributed by atoms with E-state index in [0.29, 0.717) is 37.3 Å². The largest absolute Gasteiger partial charge is 0.480 e. The summed E-state index contributed by atoms with van der Waals surface area (Å²) in [6.45, 7) is 4.49. The van der Waals surface area contributed by atoms with Crippen molar-refractivity contribution in [1.82, 2.24) is 9.88 Å². The number of nitrogens with one attached hydrogen (secondary N) is 1. The van der Waals surface area contributed by atoms with Crippen molar-refractivity contribution >= 4 is 23.3 Å². The number of carboxylic acid groups (broad SMARTS) is 1. The number of aromatic nitrogens is 1. The predicted molar refractivity (Wildman–Crippen MR) is 131 cm³/mol. The number of hydrogen-bond acceptors (Lipinski definition) is 6. The first-order chi connectivity index (χ1) is 17.7. The van der Waals surface area contributed by atoms with E-state index in [1.807, 2.05) is 11.8 Å². The third-order valence-electron chi connectivity index (χ3n) is 6.25. The Morgan fingerprint density at radius 1 is 1.05 bits per heavy atom. The number of anilines is 2. The Morgan fingerprint density at radius 2 is 1.76 bits per heavy atom. The van der Waals surface area contributed by atoms with Gasteiger partial charge in [-0.3, -0.25) is 14.5 Å². The van der Waals surface area contributed by atoms with Crippen molar-refractivity contribution in [2.75, 3.05) is 36.4 Å². The van der Waals surface area contributed by atoms with Crippen LogP contribution in [-0.2, 0) is 11.0 Å². The summed E-state index contributed by atoms with van der Waals surface area (Å²) in [7, 11) is 0. The molecule has 1 amide bonds. The molecule has 0 bridgehead atoms. The van der Waals surface area contributed by atoms with Crippen LogP contribution < -0.4 is 10.2 Å². The standard InChI is InChI=1S/C26H27F3N4O4/c1-2-20(25(35)36)33-14-6-13-32(15-16-33)19-11-9-18(10-12-19)30-23(34)21-22(26(27,28)29)37-24(31-21)17-7-4-3-5-8-17/h3-5,7-12,20H,2,6,13-16H2,1H3,(H,30,34)(H,35,36). The van der Waals surface area contributed by atoms with Gasteiger partial charge in [-0.15, -0.1) is 0 Å². The first kappa shape index (κ1) is 26.2. The van der Waals surface area contributed by atoms with Gasteiger partial charge in [0.1, 0.15) is 6.04 Å². The number of alkyl halides is 3. The molecule has 0 radical (unpaired) electrons. The summed E-state index contributed by atoms with van der Waals surface area (Å²) in [6.07, 6.45) is -3.58. The van der Waals surface area contributed by atoms with Crippen molar-refractivity contribution in [2.45, 2.75) is 32.0 Å². The molecule has 196 valence electrons. The maximum atomic E-state index is 13.6. The second-order valence-corrected chi connectivity index (χ2v) is 8.70. The molecule has 2 aromatic carbocycles. The number of aliphatic carboxylic acids is 1. The summed E-state index contributed by atoms with van der Waals surface area (Å²) in [4.78, 5) is 32.2. The Balaban J connectivity index is 1.46. The van der Waals surface area contributed by atoms with Crippen LogP contribution in [0.1, 0.15) is 36.0 Å². The summed E-state index contributed by atoms with van der Waals surface area (Å²) in [5.41, 5.74) is 0.652. The van der Waals surface area contributed by atoms with Crippen LogP contribution in [0.2, 0.25) is 0 Å².